The van der Waals surface area contributed by atoms with E-state index in [9.17, 15) is 14.7 Å². The van der Waals surface area contributed by atoms with Crippen molar-refractivity contribution in [2.24, 2.45) is 0 Å². The molecule has 3 N–H and O–H groups in total. The third-order valence-corrected chi connectivity index (χ3v) is 4.52. The number of benzene rings is 3. The van der Waals surface area contributed by atoms with E-state index in [0.717, 1.165) is 10.9 Å². The Balaban J connectivity index is 1.84. The standard InChI is InChI=1S/C20H12N2O4/c23-13-7-3-4-8-14(13)26-15-9-12-16(10-5-1-2-6-11(10)21-12)18-17(15)19(24)22-20(18)25/h1-9,21,23H,(H,22,24,25). The van der Waals surface area contributed by atoms with Gasteiger partial charge >= 0.3 is 0 Å². The summed E-state index contributed by atoms with van der Waals surface area (Å²) in [7, 11) is 0. The number of hydrogen-bond donors (Lipinski definition) is 3. The number of para-hydroxylation sites is 3. The van der Waals surface area contributed by atoms with Gasteiger partial charge in [0, 0.05) is 22.4 Å². The molecule has 0 aliphatic carbocycles. The van der Waals surface area contributed by atoms with E-state index in [0.29, 0.717) is 10.9 Å². The number of aromatic nitrogens is 1. The summed E-state index contributed by atoms with van der Waals surface area (Å²) in [4.78, 5) is 28.1. The summed E-state index contributed by atoms with van der Waals surface area (Å²) >= 11 is 0. The third-order valence-electron chi connectivity index (χ3n) is 4.52. The molecule has 2 heterocycles. The summed E-state index contributed by atoms with van der Waals surface area (Å²) in [5.41, 5.74) is 2.00. The topological polar surface area (TPSA) is 91.4 Å². The predicted octanol–water partition coefficient (Wildman–Crippen LogP) is 3.70. The predicted molar refractivity (Wildman–Crippen MR) is 95.8 cm³/mol. The zero-order valence-corrected chi connectivity index (χ0v) is 13.4. The molecule has 1 aliphatic heterocycles. The average Bonchev–Trinajstić information content (AvgIpc) is 3.14. The van der Waals surface area contributed by atoms with E-state index >= 15 is 0 Å². The third kappa shape index (κ3) is 1.92. The van der Waals surface area contributed by atoms with Crippen LogP contribution in [0.15, 0.2) is 54.6 Å². The Morgan fingerprint density at radius 3 is 2.38 bits per heavy atom. The fraction of sp³-hybridized carbons (Fsp3) is 0. The van der Waals surface area contributed by atoms with E-state index < -0.39 is 11.8 Å². The minimum Gasteiger partial charge on any atom is -0.504 e. The molecule has 3 aromatic carbocycles. The van der Waals surface area contributed by atoms with E-state index in [1.807, 2.05) is 24.3 Å². The van der Waals surface area contributed by atoms with Crippen LogP contribution in [0.4, 0.5) is 0 Å². The number of aromatic amines is 1. The van der Waals surface area contributed by atoms with Crippen molar-refractivity contribution >= 4 is 33.6 Å². The van der Waals surface area contributed by atoms with Gasteiger partial charge in [-0.15, -0.1) is 0 Å². The highest BCUT2D eigenvalue weighted by atomic mass is 16.5. The Morgan fingerprint density at radius 2 is 1.54 bits per heavy atom. The molecule has 2 amide bonds. The molecule has 1 aliphatic rings. The zero-order valence-electron chi connectivity index (χ0n) is 13.4. The maximum absolute atomic E-state index is 12.5. The second-order valence-corrected chi connectivity index (χ2v) is 6.07. The number of imide groups is 1. The molecule has 0 fully saturated rings. The smallest absolute Gasteiger partial charge is 0.262 e. The fourth-order valence-electron chi connectivity index (χ4n) is 3.41. The quantitative estimate of drug-likeness (QED) is 0.484. The van der Waals surface area contributed by atoms with Gasteiger partial charge < -0.3 is 14.8 Å². The maximum atomic E-state index is 12.5. The van der Waals surface area contributed by atoms with Crippen LogP contribution in [0.3, 0.4) is 0 Å². The Labute approximate surface area is 147 Å². The number of phenols is 1. The lowest BCUT2D eigenvalue weighted by Crippen LogP contribution is -2.20. The number of carbonyl (C=O) groups is 2. The molecule has 1 aromatic heterocycles. The molecule has 4 aromatic rings. The largest absolute Gasteiger partial charge is 0.504 e. The lowest BCUT2D eigenvalue weighted by atomic mass is 10.0. The number of nitrogens with one attached hydrogen (secondary N) is 2. The van der Waals surface area contributed by atoms with Crippen molar-refractivity contribution < 1.29 is 19.4 Å². The van der Waals surface area contributed by atoms with Crippen LogP contribution in [0.25, 0.3) is 21.8 Å². The molecule has 6 nitrogen and oxygen atoms in total. The molecule has 5 rings (SSSR count). The van der Waals surface area contributed by atoms with Crippen LogP contribution in [-0.4, -0.2) is 21.9 Å². The first kappa shape index (κ1) is 14.5. The summed E-state index contributed by atoms with van der Waals surface area (Å²) in [6.07, 6.45) is 0. The molecule has 0 atom stereocenters. The van der Waals surface area contributed by atoms with E-state index in [4.69, 9.17) is 4.74 Å². The van der Waals surface area contributed by atoms with Crippen LogP contribution in [0.2, 0.25) is 0 Å². The Hall–Kier alpha value is -3.80. The molecule has 126 valence electrons. The van der Waals surface area contributed by atoms with Crippen molar-refractivity contribution in [3.8, 4) is 17.2 Å². The van der Waals surface area contributed by atoms with Crippen LogP contribution >= 0.6 is 0 Å². The minimum atomic E-state index is -0.511. The molecular weight excluding hydrogens is 332 g/mol. The highest BCUT2D eigenvalue weighted by Gasteiger charge is 2.34. The van der Waals surface area contributed by atoms with E-state index in [-0.39, 0.29) is 28.4 Å². The van der Waals surface area contributed by atoms with Crippen molar-refractivity contribution in [3.05, 3.63) is 65.7 Å². The number of aromatic hydroxyl groups is 1. The molecular formula is C20H12N2O4. The first-order valence-electron chi connectivity index (χ1n) is 8.02. The number of H-pyrrole nitrogens is 1. The second-order valence-electron chi connectivity index (χ2n) is 6.07. The summed E-state index contributed by atoms with van der Waals surface area (Å²) in [6.45, 7) is 0. The molecule has 0 saturated heterocycles. The molecule has 0 saturated carbocycles. The van der Waals surface area contributed by atoms with Crippen LogP contribution < -0.4 is 10.1 Å². The van der Waals surface area contributed by atoms with Crippen molar-refractivity contribution in [1.82, 2.24) is 10.3 Å². The van der Waals surface area contributed by atoms with Crippen molar-refractivity contribution in [3.63, 3.8) is 0 Å². The van der Waals surface area contributed by atoms with Gasteiger partial charge in [0.05, 0.1) is 16.6 Å². The number of phenolic OH excluding ortho intramolecular Hbond substituents is 1. The van der Waals surface area contributed by atoms with Gasteiger partial charge in [0.1, 0.15) is 5.75 Å². The Morgan fingerprint density at radius 1 is 0.808 bits per heavy atom. The Kier molecular flexibility index (Phi) is 2.85. The molecule has 0 radical (unpaired) electrons. The zero-order chi connectivity index (χ0) is 17.8. The monoisotopic (exact) mass is 344 g/mol. The second kappa shape index (κ2) is 5.10. The van der Waals surface area contributed by atoms with Gasteiger partial charge in [0.15, 0.2) is 11.5 Å². The summed E-state index contributed by atoms with van der Waals surface area (Å²) in [5, 5.41) is 13.8. The van der Waals surface area contributed by atoms with Crippen LogP contribution in [0.5, 0.6) is 17.2 Å². The summed E-state index contributed by atoms with van der Waals surface area (Å²) in [6, 6.07) is 15.7. The lowest BCUT2D eigenvalue weighted by molar-refractivity contribution is 0.0879. The average molecular weight is 344 g/mol. The molecule has 0 spiro atoms. The van der Waals surface area contributed by atoms with Gasteiger partial charge in [-0.25, -0.2) is 0 Å². The van der Waals surface area contributed by atoms with Gasteiger partial charge in [-0.1, -0.05) is 30.3 Å². The van der Waals surface area contributed by atoms with Crippen molar-refractivity contribution in [2.75, 3.05) is 0 Å². The van der Waals surface area contributed by atoms with E-state index in [1.165, 1.54) is 6.07 Å². The molecule has 0 unspecified atom stereocenters. The fourth-order valence-corrected chi connectivity index (χ4v) is 3.41. The number of ether oxygens (including phenoxy) is 1. The van der Waals surface area contributed by atoms with Gasteiger partial charge in [0.2, 0.25) is 0 Å². The van der Waals surface area contributed by atoms with Gasteiger partial charge in [-0.05, 0) is 18.2 Å². The highest BCUT2D eigenvalue weighted by molar-refractivity contribution is 6.31. The van der Waals surface area contributed by atoms with Gasteiger partial charge in [-0.3, -0.25) is 14.9 Å². The summed E-state index contributed by atoms with van der Waals surface area (Å²) < 4.78 is 5.79. The minimum absolute atomic E-state index is 0.0530. The van der Waals surface area contributed by atoms with Crippen molar-refractivity contribution in [2.45, 2.75) is 0 Å². The first-order chi connectivity index (χ1) is 12.6. The number of rotatable bonds is 2. The van der Waals surface area contributed by atoms with Crippen LogP contribution in [-0.2, 0) is 0 Å². The maximum Gasteiger partial charge on any atom is 0.262 e. The number of hydrogen-bond acceptors (Lipinski definition) is 4. The molecule has 0 bridgehead atoms. The molecule has 26 heavy (non-hydrogen) atoms. The van der Waals surface area contributed by atoms with Crippen LogP contribution in [0, 0.1) is 0 Å². The Bertz CT molecular complexity index is 1240. The first-order valence-corrected chi connectivity index (χ1v) is 8.02. The SMILES string of the molecule is O=C1NC(=O)c2c1c(Oc1ccccc1O)cc1[nH]c3ccccc3c21. The number of amides is 2. The highest BCUT2D eigenvalue weighted by Crippen LogP contribution is 2.40. The normalized spacial score (nSPS) is 13.2. The lowest BCUT2D eigenvalue weighted by Gasteiger charge is -2.11. The van der Waals surface area contributed by atoms with Gasteiger partial charge in [0.25, 0.3) is 11.8 Å². The molecule has 6 heteroatoms. The van der Waals surface area contributed by atoms with Gasteiger partial charge in [-0.2, -0.15) is 0 Å². The summed E-state index contributed by atoms with van der Waals surface area (Å²) in [5.74, 6) is -0.603. The number of fused-ring (bicyclic) bond motifs is 5. The van der Waals surface area contributed by atoms with Crippen LogP contribution in [0.1, 0.15) is 20.7 Å². The number of carbonyl (C=O) groups excluding carboxylic acids is 2. The van der Waals surface area contributed by atoms with Crippen molar-refractivity contribution in [1.29, 1.82) is 0 Å². The van der Waals surface area contributed by atoms with E-state index in [1.54, 1.807) is 24.3 Å². The van der Waals surface area contributed by atoms with E-state index in [2.05, 4.69) is 10.3 Å².